The van der Waals surface area contributed by atoms with E-state index in [1.807, 2.05) is 0 Å². The summed E-state index contributed by atoms with van der Waals surface area (Å²) in [6, 6.07) is 10.4. The zero-order valence-corrected chi connectivity index (χ0v) is 12.1. The third kappa shape index (κ3) is 3.15. The molecule has 0 fully saturated rings. The van der Waals surface area contributed by atoms with Gasteiger partial charge in [0.15, 0.2) is 0 Å². The minimum absolute atomic E-state index is 0.133. The molecule has 0 saturated carbocycles. The van der Waals surface area contributed by atoms with E-state index in [0.29, 0.717) is 17.0 Å². The summed E-state index contributed by atoms with van der Waals surface area (Å²) >= 11 is 0. The van der Waals surface area contributed by atoms with Crippen LogP contribution in [0.2, 0.25) is 0 Å². The minimum Gasteiger partial charge on any atom is -0.481 e. The summed E-state index contributed by atoms with van der Waals surface area (Å²) in [7, 11) is -2.05. The Labute approximate surface area is 118 Å². The van der Waals surface area contributed by atoms with Crippen molar-refractivity contribution in [3.63, 3.8) is 0 Å². The molecule has 2 rings (SSSR count). The predicted octanol–water partition coefficient (Wildman–Crippen LogP) is 1.88. The molecule has 106 valence electrons. The van der Waals surface area contributed by atoms with Crippen LogP contribution >= 0.6 is 0 Å². The first-order chi connectivity index (χ1) is 9.54. The van der Waals surface area contributed by atoms with Gasteiger partial charge in [-0.3, -0.25) is 0 Å². The van der Waals surface area contributed by atoms with Crippen molar-refractivity contribution in [2.45, 2.75) is 18.4 Å². The molecule has 1 N–H and O–H groups in total. The SMILES string of the molecule is COc1ncccc1CNS(=O)(=O)c1ccccc1C. The molecule has 1 aromatic carbocycles. The maximum Gasteiger partial charge on any atom is 0.241 e. The number of aryl methyl sites for hydroxylation is 1. The molecule has 20 heavy (non-hydrogen) atoms. The Hall–Kier alpha value is -1.92. The number of nitrogens with one attached hydrogen (secondary N) is 1. The molecule has 0 saturated heterocycles. The van der Waals surface area contributed by atoms with Gasteiger partial charge >= 0.3 is 0 Å². The van der Waals surface area contributed by atoms with Crippen molar-refractivity contribution in [2.24, 2.45) is 0 Å². The van der Waals surface area contributed by atoms with E-state index in [4.69, 9.17) is 4.74 Å². The second-order valence-corrected chi connectivity index (χ2v) is 6.00. The molecule has 0 radical (unpaired) electrons. The highest BCUT2D eigenvalue weighted by molar-refractivity contribution is 7.89. The van der Waals surface area contributed by atoms with Crippen LogP contribution in [-0.2, 0) is 16.6 Å². The number of nitrogens with zero attached hydrogens (tertiary/aromatic N) is 1. The average molecular weight is 292 g/mol. The number of hydrogen-bond donors (Lipinski definition) is 1. The first-order valence-corrected chi connectivity index (χ1v) is 7.56. The normalized spacial score (nSPS) is 11.3. The number of methoxy groups -OCH3 is 1. The molecule has 5 nitrogen and oxygen atoms in total. The highest BCUT2D eigenvalue weighted by atomic mass is 32.2. The lowest BCUT2D eigenvalue weighted by Gasteiger charge is -2.10. The highest BCUT2D eigenvalue weighted by Gasteiger charge is 2.16. The van der Waals surface area contributed by atoms with Crippen LogP contribution in [0.15, 0.2) is 47.5 Å². The van der Waals surface area contributed by atoms with E-state index in [1.165, 1.54) is 7.11 Å². The molecule has 6 heteroatoms. The quantitative estimate of drug-likeness (QED) is 0.913. The Morgan fingerprint density at radius 3 is 2.65 bits per heavy atom. The molecular formula is C14H16N2O3S. The topological polar surface area (TPSA) is 68.3 Å². The fourth-order valence-electron chi connectivity index (χ4n) is 1.85. The maximum absolute atomic E-state index is 12.3. The number of hydrogen-bond acceptors (Lipinski definition) is 4. The Morgan fingerprint density at radius 1 is 1.20 bits per heavy atom. The van der Waals surface area contributed by atoms with Crippen LogP contribution in [0.3, 0.4) is 0 Å². The second kappa shape index (κ2) is 6.02. The Balaban J connectivity index is 2.20. The van der Waals surface area contributed by atoms with Crippen molar-refractivity contribution < 1.29 is 13.2 Å². The number of benzene rings is 1. The number of pyridine rings is 1. The van der Waals surface area contributed by atoms with Gasteiger partial charge in [-0.25, -0.2) is 18.1 Å². The molecule has 0 aliphatic heterocycles. The van der Waals surface area contributed by atoms with Gasteiger partial charge in [-0.15, -0.1) is 0 Å². The van der Waals surface area contributed by atoms with Gasteiger partial charge in [-0.2, -0.15) is 0 Å². The number of aromatic nitrogens is 1. The highest BCUT2D eigenvalue weighted by Crippen LogP contribution is 2.17. The van der Waals surface area contributed by atoms with Crippen LogP contribution in [0.25, 0.3) is 0 Å². The van der Waals surface area contributed by atoms with Crippen molar-refractivity contribution in [3.05, 3.63) is 53.7 Å². The largest absolute Gasteiger partial charge is 0.481 e. The predicted molar refractivity (Wildman–Crippen MR) is 76.0 cm³/mol. The molecule has 0 unspecified atom stereocenters. The Kier molecular flexibility index (Phi) is 4.36. The van der Waals surface area contributed by atoms with Gasteiger partial charge < -0.3 is 4.74 Å². The molecule has 2 aromatic rings. The molecule has 0 amide bonds. The summed E-state index contributed by atoms with van der Waals surface area (Å²) < 4.78 is 32.2. The van der Waals surface area contributed by atoms with Gasteiger partial charge in [0.1, 0.15) is 0 Å². The second-order valence-electron chi connectivity index (χ2n) is 4.26. The smallest absolute Gasteiger partial charge is 0.241 e. The van der Waals surface area contributed by atoms with E-state index < -0.39 is 10.0 Å². The molecule has 0 bridgehead atoms. The van der Waals surface area contributed by atoms with E-state index in [-0.39, 0.29) is 11.4 Å². The maximum atomic E-state index is 12.3. The minimum atomic E-state index is -3.55. The van der Waals surface area contributed by atoms with Crippen LogP contribution < -0.4 is 9.46 Å². The summed E-state index contributed by atoms with van der Waals surface area (Å²) in [5.74, 6) is 0.417. The molecule has 0 aliphatic carbocycles. The fourth-order valence-corrected chi connectivity index (χ4v) is 3.10. The van der Waals surface area contributed by atoms with Crippen LogP contribution in [0.1, 0.15) is 11.1 Å². The van der Waals surface area contributed by atoms with Gasteiger partial charge in [-0.05, 0) is 24.6 Å². The van der Waals surface area contributed by atoms with E-state index in [0.717, 1.165) is 0 Å². The molecular weight excluding hydrogens is 276 g/mol. The Bertz CT molecular complexity index is 699. The molecule has 0 spiro atoms. The zero-order valence-electron chi connectivity index (χ0n) is 11.3. The Morgan fingerprint density at radius 2 is 1.95 bits per heavy atom. The van der Waals surface area contributed by atoms with Crippen LogP contribution in [0.5, 0.6) is 5.88 Å². The molecule has 0 atom stereocenters. The third-order valence-corrected chi connectivity index (χ3v) is 4.44. The molecule has 1 aromatic heterocycles. The third-order valence-electron chi connectivity index (χ3n) is 2.88. The van der Waals surface area contributed by atoms with Crippen LogP contribution in [0.4, 0.5) is 0 Å². The summed E-state index contributed by atoms with van der Waals surface area (Å²) in [6.45, 7) is 1.90. The van der Waals surface area contributed by atoms with E-state index in [9.17, 15) is 8.42 Å². The number of rotatable bonds is 5. The fraction of sp³-hybridized carbons (Fsp3) is 0.214. The van der Waals surface area contributed by atoms with E-state index in [1.54, 1.807) is 49.5 Å². The average Bonchev–Trinajstić information content (AvgIpc) is 2.46. The summed E-state index contributed by atoms with van der Waals surface area (Å²) in [4.78, 5) is 4.31. The standard InChI is InChI=1S/C14H16N2O3S/c1-11-6-3-4-8-13(11)20(17,18)16-10-12-7-5-9-15-14(12)19-2/h3-9,16H,10H2,1-2H3. The zero-order chi connectivity index (χ0) is 14.6. The number of ether oxygens (including phenoxy) is 1. The summed E-state index contributed by atoms with van der Waals surface area (Å²) in [6.07, 6.45) is 1.60. The van der Waals surface area contributed by atoms with Crippen molar-refractivity contribution in [2.75, 3.05) is 7.11 Å². The van der Waals surface area contributed by atoms with E-state index >= 15 is 0 Å². The lowest BCUT2D eigenvalue weighted by atomic mass is 10.2. The van der Waals surface area contributed by atoms with E-state index in [2.05, 4.69) is 9.71 Å². The van der Waals surface area contributed by atoms with Crippen LogP contribution in [-0.4, -0.2) is 20.5 Å². The van der Waals surface area contributed by atoms with Gasteiger partial charge in [0.05, 0.1) is 12.0 Å². The molecule has 1 heterocycles. The molecule has 0 aliphatic rings. The van der Waals surface area contributed by atoms with Gasteiger partial charge in [0, 0.05) is 18.3 Å². The van der Waals surface area contributed by atoms with Gasteiger partial charge in [0.2, 0.25) is 15.9 Å². The van der Waals surface area contributed by atoms with Gasteiger partial charge in [0.25, 0.3) is 0 Å². The summed E-state index contributed by atoms with van der Waals surface area (Å²) in [5, 5.41) is 0. The van der Waals surface area contributed by atoms with Crippen LogP contribution in [0, 0.1) is 6.92 Å². The summed E-state index contributed by atoms with van der Waals surface area (Å²) in [5.41, 5.74) is 1.39. The van der Waals surface area contributed by atoms with Gasteiger partial charge in [-0.1, -0.05) is 24.3 Å². The first kappa shape index (κ1) is 14.5. The monoisotopic (exact) mass is 292 g/mol. The number of sulfonamides is 1. The van der Waals surface area contributed by atoms with Crippen molar-refractivity contribution in [1.82, 2.24) is 9.71 Å². The van der Waals surface area contributed by atoms with Crippen molar-refractivity contribution >= 4 is 10.0 Å². The van der Waals surface area contributed by atoms with Crippen molar-refractivity contribution in [1.29, 1.82) is 0 Å². The first-order valence-electron chi connectivity index (χ1n) is 6.08. The lowest BCUT2D eigenvalue weighted by Crippen LogP contribution is -2.24. The lowest BCUT2D eigenvalue weighted by molar-refractivity contribution is 0.392. The van der Waals surface area contributed by atoms with Crippen molar-refractivity contribution in [3.8, 4) is 5.88 Å².